The van der Waals surface area contributed by atoms with E-state index in [4.69, 9.17) is 5.26 Å². The fourth-order valence-corrected chi connectivity index (χ4v) is 2.52. The first kappa shape index (κ1) is 21.7. The van der Waals surface area contributed by atoms with Gasteiger partial charge in [-0.2, -0.15) is 5.26 Å². The first-order valence-corrected chi connectivity index (χ1v) is 7.69. The Kier molecular flexibility index (Phi) is 13.2. The van der Waals surface area contributed by atoms with E-state index in [2.05, 4.69) is 40.1 Å². The molecule has 1 radical (unpaired) electrons. The molecule has 0 heterocycles. The molecule has 1 aromatic carbocycles. The van der Waals surface area contributed by atoms with Crippen LogP contribution < -0.4 is 0 Å². The minimum Gasteiger partial charge on any atom is -0.693 e. The van der Waals surface area contributed by atoms with Crippen LogP contribution in [0.2, 0.25) is 0 Å². The molecule has 20 heavy (non-hydrogen) atoms. The van der Waals surface area contributed by atoms with E-state index in [1.165, 1.54) is 31.2 Å². The van der Waals surface area contributed by atoms with Gasteiger partial charge in [-0.3, -0.25) is 0 Å². The Bertz CT molecular complexity index is 403. The van der Waals surface area contributed by atoms with Crippen LogP contribution in [0.4, 0.5) is 0 Å². The van der Waals surface area contributed by atoms with Gasteiger partial charge in [0.15, 0.2) is 0 Å². The number of hydrogen-bond acceptors (Lipinski definition) is 1. The molecule has 0 spiro atoms. The van der Waals surface area contributed by atoms with Crippen molar-refractivity contribution in [2.24, 2.45) is 5.92 Å². The van der Waals surface area contributed by atoms with Crippen molar-refractivity contribution in [1.29, 1.82) is 5.26 Å². The third-order valence-electron chi connectivity index (χ3n) is 3.62. The van der Waals surface area contributed by atoms with Gasteiger partial charge in [0, 0.05) is 18.6 Å². The summed E-state index contributed by atoms with van der Waals surface area (Å²) in [6.45, 7) is 5.79. The summed E-state index contributed by atoms with van der Waals surface area (Å²) in [5, 5.41) is 8.74. The molecule has 0 aromatic heterocycles. The van der Waals surface area contributed by atoms with Crippen LogP contribution in [0, 0.1) is 17.2 Å². The number of benzene rings is 1. The van der Waals surface area contributed by atoms with Crippen molar-refractivity contribution in [1.82, 2.24) is 0 Å². The second kappa shape index (κ2) is 12.2. The Hall–Kier alpha value is -0.576. The molecule has 0 amide bonds. The number of nitrogens with zero attached hydrogens (tertiary/aromatic N) is 1. The molecule has 2 rings (SSSR count). The van der Waals surface area contributed by atoms with Crippen LogP contribution in [-0.2, 0) is 18.6 Å². The van der Waals surface area contributed by atoms with E-state index >= 15 is 0 Å². The molecule has 4 heteroatoms. The van der Waals surface area contributed by atoms with Gasteiger partial charge >= 0.3 is 0 Å². The van der Waals surface area contributed by atoms with Gasteiger partial charge in [0.2, 0.25) is 0 Å². The summed E-state index contributed by atoms with van der Waals surface area (Å²) in [5.41, 5.74) is 2.14. The first-order valence-electron chi connectivity index (χ1n) is 6.54. The van der Waals surface area contributed by atoms with Gasteiger partial charge in [0.05, 0.1) is 11.6 Å². The van der Waals surface area contributed by atoms with E-state index in [0.717, 1.165) is 11.5 Å². The van der Waals surface area contributed by atoms with Gasteiger partial charge in [-0.25, -0.2) is 0 Å². The Morgan fingerprint density at radius 3 is 2.05 bits per heavy atom. The van der Waals surface area contributed by atoms with Crippen molar-refractivity contribution in [3.05, 3.63) is 54.2 Å². The minimum absolute atomic E-state index is 0. The topological polar surface area (TPSA) is 57.3 Å². The van der Waals surface area contributed by atoms with E-state index in [-0.39, 0.29) is 24.7 Å². The Morgan fingerprint density at radius 1 is 1.15 bits per heavy atom. The van der Waals surface area contributed by atoms with Crippen molar-refractivity contribution >= 4 is 9.24 Å². The number of rotatable bonds is 2. The zero-order chi connectivity index (χ0) is 13.4. The maximum atomic E-state index is 8.74. The van der Waals surface area contributed by atoms with Crippen LogP contribution in [0.15, 0.2) is 36.9 Å². The van der Waals surface area contributed by atoms with Crippen LogP contribution in [0.5, 0.6) is 0 Å². The second-order valence-electron chi connectivity index (χ2n) is 4.58. The monoisotopic (exact) mass is 326 g/mol. The van der Waals surface area contributed by atoms with E-state index in [1.54, 1.807) is 0 Å². The van der Waals surface area contributed by atoms with Crippen molar-refractivity contribution in [2.45, 2.75) is 31.6 Å². The molecular weight excluding hydrogens is 302 g/mol. The molecule has 109 valence electrons. The predicted molar refractivity (Wildman–Crippen MR) is 87.0 cm³/mol. The van der Waals surface area contributed by atoms with Gasteiger partial charge in [0.25, 0.3) is 0 Å². The SMILES string of the molecule is C=CC1CCC(c2ccc(C#N)cc2)CC1.CP.[NH2-].[V]. The van der Waals surface area contributed by atoms with Crippen LogP contribution in [0.25, 0.3) is 6.15 Å². The van der Waals surface area contributed by atoms with Crippen LogP contribution in [0.1, 0.15) is 42.7 Å². The van der Waals surface area contributed by atoms with Gasteiger partial charge in [-0.1, -0.05) is 24.9 Å². The molecule has 1 atom stereocenters. The maximum absolute atomic E-state index is 8.74. The van der Waals surface area contributed by atoms with Gasteiger partial charge in [-0.15, -0.1) is 15.8 Å². The number of allylic oxidation sites excluding steroid dienone is 1. The van der Waals surface area contributed by atoms with Crippen molar-refractivity contribution in [3.8, 4) is 6.07 Å². The fraction of sp³-hybridized carbons (Fsp3) is 0.438. The molecule has 0 bridgehead atoms. The zero-order valence-electron chi connectivity index (χ0n) is 12.1. The summed E-state index contributed by atoms with van der Waals surface area (Å²) in [6, 6.07) is 10.2. The van der Waals surface area contributed by atoms with Gasteiger partial charge in [-0.05, 0) is 55.2 Å². The number of nitrogens with two attached hydrogens (primary N) is 1. The number of hydrogen-bond donors (Lipinski definition) is 0. The summed E-state index contributed by atoms with van der Waals surface area (Å²) in [4.78, 5) is 0. The first-order chi connectivity index (χ1) is 8.83. The third kappa shape index (κ3) is 6.25. The Balaban J connectivity index is 0. The smallest absolute Gasteiger partial charge is 0.0991 e. The summed E-state index contributed by atoms with van der Waals surface area (Å²) < 4.78 is 0. The minimum atomic E-state index is 0. The molecule has 2 N–H and O–H groups in total. The summed E-state index contributed by atoms with van der Waals surface area (Å²) in [6.07, 6.45) is 7.11. The van der Waals surface area contributed by atoms with Crippen LogP contribution >= 0.6 is 9.24 Å². The van der Waals surface area contributed by atoms with Crippen LogP contribution in [0.3, 0.4) is 0 Å². The van der Waals surface area contributed by atoms with E-state index in [9.17, 15) is 0 Å². The zero-order valence-corrected chi connectivity index (χ0v) is 14.7. The average molecular weight is 326 g/mol. The molecular formula is C16H24N2PV-. The molecule has 0 saturated heterocycles. The maximum Gasteiger partial charge on any atom is 0.0991 e. The summed E-state index contributed by atoms with van der Waals surface area (Å²) in [5.74, 6) is 1.40. The average Bonchev–Trinajstić information content (AvgIpc) is 2.49. The Morgan fingerprint density at radius 2 is 1.65 bits per heavy atom. The molecule has 1 aromatic rings. The molecule has 1 unspecified atom stereocenters. The van der Waals surface area contributed by atoms with E-state index in [0.29, 0.717) is 5.92 Å². The normalized spacial score (nSPS) is 20.1. The fourth-order valence-electron chi connectivity index (χ4n) is 2.52. The molecule has 1 fully saturated rings. The third-order valence-corrected chi connectivity index (χ3v) is 3.62. The van der Waals surface area contributed by atoms with E-state index < -0.39 is 0 Å². The Labute approximate surface area is 137 Å². The standard InChI is InChI=1S/C15H17N.CH5P.H2N.V/c1-2-12-3-7-14(8-4-12)15-9-5-13(11-16)6-10-15;1-2;;/h2,5-6,9-10,12,14H,1,3-4,7-8H2;2H2,1H3;1H2;/q;;-1;. The quantitative estimate of drug-likeness (QED) is 0.542. The van der Waals surface area contributed by atoms with Gasteiger partial charge in [0.1, 0.15) is 0 Å². The summed E-state index contributed by atoms with van der Waals surface area (Å²) in [7, 11) is 2.42. The molecule has 0 aliphatic heterocycles. The number of nitriles is 1. The summed E-state index contributed by atoms with van der Waals surface area (Å²) >= 11 is 0. The predicted octanol–water partition coefficient (Wildman–Crippen LogP) is 5.22. The molecule has 1 aliphatic carbocycles. The van der Waals surface area contributed by atoms with Crippen molar-refractivity contribution in [3.63, 3.8) is 0 Å². The van der Waals surface area contributed by atoms with Crippen molar-refractivity contribution in [2.75, 3.05) is 6.66 Å². The van der Waals surface area contributed by atoms with Gasteiger partial charge < -0.3 is 6.15 Å². The van der Waals surface area contributed by atoms with E-state index in [1.807, 2.05) is 18.8 Å². The molecule has 2 nitrogen and oxygen atoms in total. The molecule has 1 saturated carbocycles. The van der Waals surface area contributed by atoms with Crippen LogP contribution in [-0.4, -0.2) is 6.66 Å². The second-order valence-corrected chi connectivity index (χ2v) is 4.58. The van der Waals surface area contributed by atoms with Crippen molar-refractivity contribution < 1.29 is 18.6 Å². The molecule has 1 aliphatic rings. The largest absolute Gasteiger partial charge is 0.693 e.